The van der Waals surface area contributed by atoms with E-state index in [-0.39, 0.29) is 12.1 Å². The topological polar surface area (TPSA) is 63.1 Å². The molecular formula is C15H21N3O. The Hall–Kier alpha value is -1.36. The first-order valence-electron chi connectivity index (χ1n) is 6.91. The van der Waals surface area contributed by atoms with Crippen LogP contribution in [0.15, 0.2) is 24.3 Å². The highest BCUT2D eigenvalue weighted by atomic mass is 16.5. The zero-order valence-corrected chi connectivity index (χ0v) is 11.3. The van der Waals surface area contributed by atoms with E-state index in [0.29, 0.717) is 0 Å². The minimum Gasteiger partial charge on any atom is -0.376 e. The van der Waals surface area contributed by atoms with E-state index < -0.39 is 0 Å². The zero-order valence-electron chi connectivity index (χ0n) is 11.3. The third kappa shape index (κ3) is 2.52. The summed E-state index contributed by atoms with van der Waals surface area (Å²) in [6.45, 7) is 4.71. The average molecular weight is 259 g/mol. The zero-order chi connectivity index (χ0) is 13.2. The van der Waals surface area contributed by atoms with Crippen LogP contribution >= 0.6 is 0 Å². The van der Waals surface area contributed by atoms with Gasteiger partial charge in [-0.2, -0.15) is 0 Å². The molecule has 0 radical (unpaired) electrons. The van der Waals surface area contributed by atoms with Crippen LogP contribution in [0.5, 0.6) is 0 Å². The van der Waals surface area contributed by atoms with E-state index in [4.69, 9.17) is 10.5 Å². The lowest BCUT2D eigenvalue weighted by Crippen LogP contribution is -2.40. The van der Waals surface area contributed by atoms with E-state index in [1.165, 1.54) is 10.9 Å². The summed E-state index contributed by atoms with van der Waals surface area (Å²) in [6.07, 6.45) is 1.08. The van der Waals surface area contributed by atoms with Crippen LogP contribution in [0.1, 0.15) is 23.7 Å². The highest BCUT2D eigenvalue weighted by Crippen LogP contribution is 2.29. The molecule has 2 aromatic rings. The van der Waals surface area contributed by atoms with Crippen molar-refractivity contribution in [3.8, 4) is 0 Å². The lowest BCUT2D eigenvalue weighted by molar-refractivity contribution is 0.0195. The van der Waals surface area contributed by atoms with Crippen molar-refractivity contribution in [2.75, 3.05) is 19.7 Å². The van der Waals surface area contributed by atoms with E-state index >= 15 is 0 Å². The van der Waals surface area contributed by atoms with Gasteiger partial charge in [0.25, 0.3) is 0 Å². The van der Waals surface area contributed by atoms with Crippen LogP contribution in [0, 0.1) is 6.92 Å². The van der Waals surface area contributed by atoms with Gasteiger partial charge in [0.15, 0.2) is 0 Å². The van der Waals surface area contributed by atoms with Crippen LogP contribution in [0.4, 0.5) is 0 Å². The van der Waals surface area contributed by atoms with E-state index in [2.05, 4.69) is 35.4 Å². The van der Waals surface area contributed by atoms with E-state index in [0.717, 1.165) is 37.3 Å². The largest absolute Gasteiger partial charge is 0.376 e. The summed E-state index contributed by atoms with van der Waals surface area (Å²) in [6, 6.07) is 8.35. The Balaban J connectivity index is 1.84. The first kappa shape index (κ1) is 12.7. The summed E-state index contributed by atoms with van der Waals surface area (Å²) >= 11 is 0. The molecule has 4 N–H and O–H groups in total. The highest BCUT2D eigenvalue weighted by Gasteiger charge is 2.21. The molecule has 1 fully saturated rings. The van der Waals surface area contributed by atoms with Gasteiger partial charge in [0.2, 0.25) is 0 Å². The van der Waals surface area contributed by atoms with Gasteiger partial charge in [-0.25, -0.2) is 0 Å². The van der Waals surface area contributed by atoms with Crippen LogP contribution in [0.25, 0.3) is 10.9 Å². The van der Waals surface area contributed by atoms with E-state index in [9.17, 15) is 0 Å². The molecule has 1 aliphatic heterocycles. The Morgan fingerprint density at radius 1 is 1.42 bits per heavy atom. The van der Waals surface area contributed by atoms with Crippen molar-refractivity contribution in [2.45, 2.75) is 25.5 Å². The summed E-state index contributed by atoms with van der Waals surface area (Å²) < 4.78 is 5.75. The number of morpholine rings is 1. The Morgan fingerprint density at radius 3 is 3.05 bits per heavy atom. The van der Waals surface area contributed by atoms with E-state index in [1.54, 1.807) is 0 Å². The SMILES string of the molecule is Cc1[nH]c2ccccc2c1C(N)CC1CNCCO1. The third-order valence-corrected chi connectivity index (χ3v) is 3.84. The first-order valence-corrected chi connectivity index (χ1v) is 6.91. The maximum Gasteiger partial charge on any atom is 0.0718 e. The molecule has 102 valence electrons. The minimum atomic E-state index is 0.0149. The van der Waals surface area contributed by atoms with Gasteiger partial charge in [-0.1, -0.05) is 18.2 Å². The minimum absolute atomic E-state index is 0.0149. The molecule has 1 aromatic carbocycles. The predicted molar refractivity (Wildman–Crippen MR) is 77.2 cm³/mol. The summed E-state index contributed by atoms with van der Waals surface area (Å²) in [4.78, 5) is 3.41. The van der Waals surface area contributed by atoms with Crippen LogP contribution < -0.4 is 11.1 Å². The lowest BCUT2D eigenvalue weighted by Gasteiger charge is -2.26. The van der Waals surface area contributed by atoms with Gasteiger partial charge < -0.3 is 20.8 Å². The molecular weight excluding hydrogens is 238 g/mol. The molecule has 0 saturated carbocycles. The molecule has 2 unspecified atom stereocenters. The number of hydrogen-bond acceptors (Lipinski definition) is 3. The molecule has 1 aromatic heterocycles. The monoisotopic (exact) mass is 259 g/mol. The Labute approximate surface area is 113 Å². The normalized spacial score (nSPS) is 21.7. The molecule has 0 bridgehead atoms. The third-order valence-electron chi connectivity index (χ3n) is 3.84. The maximum atomic E-state index is 6.41. The van der Waals surface area contributed by atoms with Crippen molar-refractivity contribution < 1.29 is 4.74 Å². The van der Waals surface area contributed by atoms with Gasteiger partial charge in [-0.3, -0.25) is 0 Å². The van der Waals surface area contributed by atoms with Crippen molar-refractivity contribution in [3.05, 3.63) is 35.5 Å². The van der Waals surface area contributed by atoms with Gasteiger partial charge in [0, 0.05) is 35.7 Å². The number of fused-ring (bicyclic) bond motifs is 1. The molecule has 2 atom stereocenters. The number of aromatic amines is 1. The molecule has 19 heavy (non-hydrogen) atoms. The quantitative estimate of drug-likeness (QED) is 0.788. The van der Waals surface area contributed by atoms with Crippen LogP contribution in [0.2, 0.25) is 0 Å². The molecule has 2 heterocycles. The first-order chi connectivity index (χ1) is 9.25. The molecule has 3 rings (SSSR count). The second-order valence-electron chi connectivity index (χ2n) is 5.25. The van der Waals surface area contributed by atoms with Gasteiger partial charge in [0.05, 0.1) is 12.7 Å². The molecule has 0 aliphatic carbocycles. The summed E-state index contributed by atoms with van der Waals surface area (Å²) in [5.41, 5.74) is 9.96. The fourth-order valence-electron chi connectivity index (χ4n) is 2.95. The molecule has 1 saturated heterocycles. The maximum absolute atomic E-state index is 6.41. The Bertz CT molecular complexity index is 558. The number of rotatable bonds is 3. The predicted octanol–water partition coefficient (Wildman–Crippen LogP) is 1.85. The van der Waals surface area contributed by atoms with Crippen molar-refractivity contribution in [2.24, 2.45) is 5.73 Å². The molecule has 4 nitrogen and oxygen atoms in total. The van der Waals surface area contributed by atoms with Gasteiger partial charge in [-0.05, 0) is 25.0 Å². The summed E-state index contributed by atoms with van der Waals surface area (Å²) in [7, 11) is 0. The number of nitrogens with two attached hydrogens (primary N) is 1. The Kier molecular flexibility index (Phi) is 3.55. The number of para-hydroxylation sites is 1. The standard InChI is InChI=1S/C15H21N3O/c1-10-15(12-4-2-3-5-14(12)18-10)13(16)8-11-9-17-6-7-19-11/h2-5,11,13,17-18H,6-9,16H2,1H3. The number of aryl methyl sites for hydroxylation is 1. The molecule has 1 aliphatic rings. The van der Waals surface area contributed by atoms with Crippen LogP contribution in [0.3, 0.4) is 0 Å². The molecule has 0 amide bonds. The number of nitrogens with one attached hydrogen (secondary N) is 2. The van der Waals surface area contributed by atoms with Gasteiger partial charge >= 0.3 is 0 Å². The van der Waals surface area contributed by atoms with Crippen molar-refractivity contribution in [3.63, 3.8) is 0 Å². The van der Waals surface area contributed by atoms with Crippen LogP contribution in [-0.4, -0.2) is 30.8 Å². The number of aromatic nitrogens is 1. The second-order valence-corrected chi connectivity index (χ2v) is 5.25. The summed E-state index contributed by atoms with van der Waals surface area (Å²) in [5, 5.41) is 4.58. The fourth-order valence-corrected chi connectivity index (χ4v) is 2.95. The van der Waals surface area contributed by atoms with Crippen molar-refractivity contribution in [1.29, 1.82) is 0 Å². The highest BCUT2D eigenvalue weighted by molar-refractivity contribution is 5.85. The van der Waals surface area contributed by atoms with E-state index in [1.807, 2.05) is 6.07 Å². The average Bonchev–Trinajstić information content (AvgIpc) is 2.75. The van der Waals surface area contributed by atoms with Crippen LogP contribution in [-0.2, 0) is 4.74 Å². The van der Waals surface area contributed by atoms with Gasteiger partial charge in [0.1, 0.15) is 0 Å². The van der Waals surface area contributed by atoms with Crippen molar-refractivity contribution in [1.82, 2.24) is 10.3 Å². The second kappa shape index (κ2) is 5.33. The fraction of sp³-hybridized carbons (Fsp3) is 0.467. The number of hydrogen-bond donors (Lipinski definition) is 3. The molecule has 0 spiro atoms. The smallest absolute Gasteiger partial charge is 0.0718 e. The Morgan fingerprint density at radius 2 is 2.26 bits per heavy atom. The van der Waals surface area contributed by atoms with Gasteiger partial charge in [-0.15, -0.1) is 0 Å². The number of H-pyrrole nitrogens is 1. The summed E-state index contributed by atoms with van der Waals surface area (Å²) in [5.74, 6) is 0. The number of ether oxygens (including phenoxy) is 1. The number of benzene rings is 1. The lowest BCUT2D eigenvalue weighted by atomic mass is 9.98. The van der Waals surface area contributed by atoms with Crippen molar-refractivity contribution >= 4 is 10.9 Å². The molecule has 4 heteroatoms.